The van der Waals surface area contributed by atoms with Crippen molar-refractivity contribution in [3.63, 3.8) is 0 Å². The maximum absolute atomic E-state index is 3.83. The smallest absolute Gasteiger partial charge is 0.0273 e. The highest BCUT2D eigenvalue weighted by Crippen LogP contribution is 1.92. The lowest BCUT2D eigenvalue weighted by atomic mass is 10.3. The summed E-state index contributed by atoms with van der Waals surface area (Å²) in [7, 11) is 0. The highest BCUT2D eigenvalue weighted by Gasteiger charge is 1.77. The third kappa shape index (κ3) is 0.936. The van der Waals surface area contributed by atoms with Crippen molar-refractivity contribution in [1.29, 1.82) is 0 Å². The Bertz CT molecular complexity index is 167. The van der Waals surface area contributed by atoms with Crippen molar-refractivity contribution in [2.24, 2.45) is 0 Å². The lowest BCUT2D eigenvalue weighted by Crippen LogP contribution is -1.71. The largest absolute Gasteiger partial charge is 0.265 e. The topological polar surface area (TPSA) is 12.9 Å². The van der Waals surface area contributed by atoms with Gasteiger partial charge in [0.05, 0.1) is 0 Å². The molecule has 0 unspecified atom stereocenters. The number of nitrogens with zero attached hydrogens (tertiary/aromatic N) is 1. The number of pyridine rings is 1. The minimum absolute atomic E-state index is 0.986. The van der Waals surface area contributed by atoms with E-state index in [1.54, 1.807) is 12.4 Å². The fourth-order valence-corrected chi connectivity index (χ4v) is 0.470. The van der Waals surface area contributed by atoms with Crippen LogP contribution in [0.3, 0.4) is 0 Å². The first-order valence-corrected chi connectivity index (χ1v) is 2.36. The number of rotatable bonds is 1. The Hall–Kier alpha value is -1.11. The molecule has 1 heterocycles. The fourth-order valence-electron chi connectivity index (χ4n) is 0.470. The van der Waals surface area contributed by atoms with Crippen LogP contribution < -0.4 is 0 Å². The van der Waals surface area contributed by atoms with Crippen LogP contribution in [0.2, 0.25) is 0 Å². The average molecular weight is 104 g/mol. The Morgan fingerprint density at radius 1 is 1.38 bits per heavy atom. The molecule has 0 N–H and O–H groups in total. The molecule has 1 heteroatoms. The molecule has 39 valence electrons. The summed E-state index contributed by atoms with van der Waals surface area (Å²) >= 11 is 0. The number of hydrogen-bond donors (Lipinski definition) is 0. The van der Waals surface area contributed by atoms with Gasteiger partial charge in [0.15, 0.2) is 0 Å². The fraction of sp³-hybridized carbons (Fsp3) is 0. The summed E-state index contributed by atoms with van der Waals surface area (Å²) in [5.74, 6) is 0. The molecule has 0 aromatic carbocycles. The number of hydrogen-bond acceptors (Lipinski definition) is 1. The Labute approximate surface area is 48.7 Å². The highest BCUT2D eigenvalue weighted by molar-refractivity contribution is 5.16. The van der Waals surface area contributed by atoms with Gasteiger partial charge in [0.1, 0.15) is 0 Å². The molecule has 0 spiro atoms. The minimum Gasteiger partial charge on any atom is -0.265 e. The van der Waals surface area contributed by atoms with Gasteiger partial charge in [-0.2, -0.15) is 0 Å². The molecule has 0 saturated heterocycles. The molecule has 0 saturated carbocycles. The Balaban J connectivity index is 2.99. The molecular weight excluding hydrogens is 98.1 g/mol. The Kier molecular flexibility index (Phi) is 1.42. The molecule has 0 aliphatic heterocycles. The van der Waals surface area contributed by atoms with E-state index in [9.17, 15) is 0 Å². The molecule has 0 aliphatic rings. The second-order valence-corrected chi connectivity index (χ2v) is 1.41. The molecule has 1 nitrogen and oxygen atoms in total. The van der Waals surface area contributed by atoms with Crippen LogP contribution in [0.1, 0.15) is 5.56 Å². The molecule has 0 fully saturated rings. The standard InChI is InChI=1S/C7H6N/c1-2-7-3-5-8-6-4-7/h3-6H,1H2. The molecule has 8 heavy (non-hydrogen) atoms. The van der Waals surface area contributed by atoms with E-state index >= 15 is 0 Å². The van der Waals surface area contributed by atoms with Crippen molar-refractivity contribution in [1.82, 2.24) is 4.98 Å². The van der Waals surface area contributed by atoms with Gasteiger partial charge in [0, 0.05) is 12.4 Å². The van der Waals surface area contributed by atoms with Gasteiger partial charge in [-0.05, 0) is 23.8 Å². The van der Waals surface area contributed by atoms with Crippen molar-refractivity contribution < 1.29 is 0 Å². The van der Waals surface area contributed by atoms with E-state index in [-0.39, 0.29) is 0 Å². The first kappa shape index (κ1) is 5.04. The minimum atomic E-state index is 0.986. The molecule has 1 aromatic rings. The van der Waals surface area contributed by atoms with Crippen molar-refractivity contribution in [3.05, 3.63) is 42.7 Å². The van der Waals surface area contributed by atoms with Crippen molar-refractivity contribution in [2.75, 3.05) is 0 Å². The van der Waals surface area contributed by atoms with Crippen molar-refractivity contribution in [3.8, 4) is 0 Å². The van der Waals surface area contributed by atoms with Crippen LogP contribution in [-0.4, -0.2) is 4.98 Å². The molecule has 1 radical (unpaired) electrons. The average Bonchev–Trinajstić information content (AvgIpc) is 1.90. The summed E-state index contributed by atoms with van der Waals surface area (Å²) < 4.78 is 0. The molecule has 0 amide bonds. The zero-order chi connectivity index (χ0) is 5.82. The Morgan fingerprint density at radius 3 is 2.38 bits per heavy atom. The van der Waals surface area contributed by atoms with E-state index in [0.717, 1.165) is 5.56 Å². The summed E-state index contributed by atoms with van der Waals surface area (Å²) in [4.78, 5) is 3.83. The summed E-state index contributed by atoms with van der Waals surface area (Å²) in [5.41, 5.74) is 0.986. The van der Waals surface area contributed by atoms with Gasteiger partial charge in [-0.25, -0.2) is 0 Å². The van der Waals surface area contributed by atoms with Crippen LogP contribution in [0.5, 0.6) is 0 Å². The van der Waals surface area contributed by atoms with Crippen LogP contribution in [0.15, 0.2) is 31.1 Å². The summed E-state index contributed by atoms with van der Waals surface area (Å²) in [6, 6.07) is 3.71. The van der Waals surface area contributed by atoms with Gasteiger partial charge >= 0.3 is 0 Å². The molecule has 1 aromatic heterocycles. The zero-order valence-corrected chi connectivity index (χ0v) is 4.46. The second kappa shape index (κ2) is 2.26. The van der Waals surface area contributed by atoms with Crippen LogP contribution in [0, 0.1) is 6.08 Å². The first-order valence-electron chi connectivity index (χ1n) is 2.36. The summed E-state index contributed by atoms with van der Waals surface area (Å²) in [6.07, 6.45) is 6.17. The van der Waals surface area contributed by atoms with E-state index in [1.165, 1.54) is 0 Å². The van der Waals surface area contributed by atoms with Gasteiger partial charge in [-0.15, -0.1) is 0 Å². The van der Waals surface area contributed by atoms with Crippen molar-refractivity contribution in [2.45, 2.75) is 0 Å². The van der Waals surface area contributed by atoms with Gasteiger partial charge in [0.25, 0.3) is 0 Å². The lowest BCUT2D eigenvalue weighted by Gasteiger charge is -1.83. The van der Waals surface area contributed by atoms with Crippen LogP contribution in [-0.2, 0) is 0 Å². The second-order valence-electron chi connectivity index (χ2n) is 1.41. The van der Waals surface area contributed by atoms with E-state index in [0.29, 0.717) is 0 Å². The summed E-state index contributed by atoms with van der Waals surface area (Å²) in [6.45, 7) is 3.48. The summed E-state index contributed by atoms with van der Waals surface area (Å²) in [5, 5.41) is 0. The van der Waals surface area contributed by atoms with E-state index in [1.807, 2.05) is 12.1 Å². The monoisotopic (exact) mass is 104 g/mol. The third-order valence-corrected chi connectivity index (χ3v) is 0.884. The van der Waals surface area contributed by atoms with Crippen LogP contribution >= 0.6 is 0 Å². The first-order chi connectivity index (χ1) is 3.93. The highest BCUT2D eigenvalue weighted by atomic mass is 14.6. The van der Waals surface area contributed by atoms with E-state index < -0.39 is 0 Å². The van der Waals surface area contributed by atoms with Gasteiger partial charge in [-0.1, -0.05) is 6.58 Å². The van der Waals surface area contributed by atoms with Gasteiger partial charge in [-0.3, -0.25) is 4.98 Å². The Morgan fingerprint density at radius 2 is 2.00 bits per heavy atom. The molecule has 0 bridgehead atoms. The van der Waals surface area contributed by atoms with Gasteiger partial charge < -0.3 is 0 Å². The normalized spacial score (nSPS) is 8.50. The quantitative estimate of drug-likeness (QED) is 0.525. The van der Waals surface area contributed by atoms with Crippen LogP contribution in [0.4, 0.5) is 0 Å². The predicted molar refractivity (Wildman–Crippen MR) is 32.2 cm³/mol. The molecular formula is C7H6N. The number of aromatic nitrogens is 1. The maximum atomic E-state index is 3.83. The maximum Gasteiger partial charge on any atom is 0.0273 e. The predicted octanol–water partition coefficient (Wildman–Crippen LogP) is 1.42. The third-order valence-electron chi connectivity index (χ3n) is 0.884. The molecule has 1 rings (SSSR count). The van der Waals surface area contributed by atoms with Gasteiger partial charge in [0.2, 0.25) is 0 Å². The molecule has 0 aliphatic carbocycles. The van der Waals surface area contributed by atoms with E-state index in [2.05, 4.69) is 17.6 Å². The SMILES string of the molecule is C=[C]c1ccncc1. The van der Waals surface area contributed by atoms with Crippen molar-refractivity contribution >= 4 is 0 Å². The lowest BCUT2D eigenvalue weighted by molar-refractivity contribution is 1.31. The molecule has 0 atom stereocenters. The van der Waals surface area contributed by atoms with E-state index in [4.69, 9.17) is 0 Å². The van der Waals surface area contributed by atoms with Crippen LogP contribution in [0.25, 0.3) is 0 Å². The zero-order valence-electron chi connectivity index (χ0n) is 4.46.